The first-order valence-electron chi connectivity index (χ1n) is 28.5. The second-order valence-electron chi connectivity index (χ2n) is 20.1. The summed E-state index contributed by atoms with van der Waals surface area (Å²) in [6, 6.07) is -0.925. The summed E-state index contributed by atoms with van der Waals surface area (Å²) in [5, 5.41) is 2.99. The van der Waals surface area contributed by atoms with Gasteiger partial charge in [0.2, 0.25) is 5.91 Å². The first-order valence-corrected chi connectivity index (χ1v) is 30.0. The number of phosphoric acid groups is 1. The number of likely N-dealkylation sites (N-methyl/N-ethyl adjacent to an activating group) is 1. The fourth-order valence-corrected chi connectivity index (χ4v) is 8.32. The minimum Gasteiger partial charge on any atom is -0.756 e. The zero-order chi connectivity index (χ0) is 52.2. The van der Waals surface area contributed by atoms with E-state index in [1.54, 1.807) is 6.08 Å². The van der Waals surface area contributed by atoms with Crippen LogP contribution in [-0.4, -0.2) is 69.4 Å². The van der Waals surface area contributed by atoms with E-state index < -0.39 is 32.5 Å². The van der Waals surface area contributed by atoms with Gasteiger partial charge >= 0.3 is 5.97 Å². The topological polar surface area (TPSA) is 114 Å². The van der Waals surface area contributed by atoms with Gasteiger partial charge in [0.15, 0.2) is 0 Å². The van der Waals surface area contributed by atoms with Crippen LogP contribution in [0.5, 0.6) is 0 Å². The highest BCUT2D eigenvalue weighted by molar-refractivity contribution is 7.45. The minimum absolute atomic E-state index is 0.0385. The standard InChI is InChI=1S/C61H107N2O7P/c1-7-10-13-16-19-22-25-27-29-30-31-32-34-36-39-42-45-48-51-54-61(65)70-59(52-49-46-43-40-37-24-21-18-15-12-9-3)58(57-69-71(66,67)68-56-55-63(4,5)6)62-60(64)53-50-47-44-41-38-35-33-28-26-23-20-17-14-11-8-2/h10,13,19,22-23,26-27,29,31-32,36,39,45,48-49,52,58-59H,7-9,11-12,14-18,20-21,24-25,28,30,33-35,37-38,40-44,46-47,50-51,53-57H2,1-6H3,(H-,62,64,66,67)/b13-10-,22-19-,26-23-,29-27-,32-31-,39-36-,48-45-,52-49+. The van der Waals surface area contributed by atoms with Gasteiger partial charge in [0, 0.05) is 12.8 Å². The number of esters is 1. The third kappa shape index (κ3) is 51.6. The van der Waals surface area contributed by atoms with E-state index in [0.717, 1.165) is 89.9 Å². The number of unbranched alkanes of at least 4 members (excludes halogenated alkanes) is 20. The molecular weight excluding hydrogens is 904 g/mol. The molecule has 0 bridgehead atoms. The lowest BCUT2D eigenvalue weighted by Crippen LogP contribution is -2.47. The number of allylic oxidation sites excluding steroid dienone is 15. The van der Waals surface area contributed by atoms with Crippen LogP contribution >= 0.6 is 7.82 Å². The van der Waals surface area contributed by atoms with Crippen molar-refractivity contribution in [3.8, 4) is 0 Å². The molecule has 0 aliphatic heterocycles. The molecule has 0 spiro atoms. The van der Waals surface area contributed by atoms with E-state index in [2.05, 4.69) is 99.0 Å². The number of nitrogens with zero attached hydrogens (tertiary/aromatic N) is 1. The second-order valence-corrected chi connectivity index (χ2v) is 21.5. The Morgan fingerprint density at radius 1 is 0.507 bits per heavy atom. The van der Waals surface area contributed by atoms with Crippen LogP contribution in [0.25, 0.3) is 0 Å². The van der Waals surface area contributed by atoms with Crippen LogP contribution < -0.4 is 10.2 Å². The molecule has 0 aliphatic carbocycles. The molecule has 0 heterocycles. The number of phosphoric ester groups is 1. The van der Waals surface area contributed by atoms with Crippen LogP contribution in [0, 0.1) is 0 Å². The highest BCUT2D eigenvalue weighted by atomic mass is 31.2. The lowest BCUT2D eigenvalue weighted by atomic mass is 10.1. The number of carbonyl (C=O) groups is 2. The number of nitrogens with one attached hydrogen (secondary N) is 1. The summed E-state index contributed by atoms with van der Waals surface area (Å²) in [5.74, 6) is -0.650. The van der Waals surface area contributed by atoms with Crippen molar-refractivity contribution in [2.24, 2.45) is 0 Å². The number of amides is 1. The lowest BCUT2D eigenvalue weighted by Gasteiger charge is -2.30. The van der Waals surface area contributed by atoms with Crippen molar-refractivity contribution in [2.45, 2.75) is 238 Å². The molecule has 0 aromatic rings. The molecule has 1 amide bonds. The molecule has 0 aromatic carbocycles. The van der Waals surface area contributed by atoms with E-state index in [0.29, 0.717) is 23.9 Å². The Hall–Kier alpha value is -3.07. The maximum absolute atomic E-state index is 13.5. The minimum atomic E-state index is -4.71. The molecule has 71 heavy (non-hydrogen) atoms. The van der Waals surface area contributed by atoms with Gasteiger partial charge in [0.1, 0.15) is 19.3 Å². The van der Waals surface area contributed by atoms with E-state index in [1.807, 2.05) is 39.4 Å². The third-order valence-corrected chi connectivity index (χ3v) is 13.0. The van der Waals surface area contributed by atoms with Gasteiger partial charge in [0.05, 0.1) is 33.8 Å². The molecule has 0 aromatic heterocycles. The van der Waals surface area contributed by atoms with Gasteiger partial charge in [-0.15, -0.1) is 0 Å². The highest BCUT2D eigenvalue weighted by Crippen LogP contribution is 2.38. The maximum atomic E-state index is 13.5. The van der Waals surface area contributed by atoms with Crippen molar-refractivity contribution in [3.05, 3.63) is 97.2 Å². The number of hydrogen-bond acceptors (Lipinski definition) is 7. The Morgan fingerprint density at radius 2 is 0.915 bits per heavy atom. The molecule has 3 atom stereocenters. The normalized spacial score (nSPS) is 14.5. The molecule has 0 saturated heterocycles. The van der Waals surface area contributed by atoms with Gasteiger partial charge in [-0.3, -0.25) is 14.2 Å². The molecular formula is C61H107N2O7P. The summed E-state index contributed by atoms with van der Waals surface area (Å²) in [6.45, 7) is 6.64. The van der Waals surface area contributed by atoms with Crippen LogP contribution in [0.1, 0.15) is 226 Å². The third-order valence-electron chi connectivity index (χ3n) is 12.0. The predicted octanol–water partition coefficient (Wildman–Crippen LogP) is 16.6. The fraction of sp³-hybridized carbons (Fsp3) is 0.705. The van der Waals surface area contributed by atoms with E-state index in [9.17, 15) is 19.0 Å². The Balaban J connectivity index is 5.45. The van der Waals surface area contributed by atoms with E-state index in [1.165, 1.54) is 96.3 Å². The second kappa shape index (κ2) is 50.5. The average molecular weight is 1010 g/mol. The molecule has 0 fully saturated rings. The quantitative estimate of drug-likeness (QED) is 0.0212. The number of carbonyl (C=O) groups excluding carboxylic acids is 2. The number of hydrogen-bond donors (Lipinski definition) is 1. The number of ether oxygens (including phenoxy) is 1. The van der Waals surface area contributed by atoms with Crippen LogP contribution in [0.4, 0.5) is 0 Å². The monoisotopic (exact) mass is 1010 g/mol. The summed E-state index contributed by atoms with van der Waals surface area (Å²) in [4.78, 5) is 39.8. The fourth-order valence-electron chi connectivity index (χ4n) is 7.60. The molecule has 1 N–H and O–H groups in total. The predicted molar refractivity (Wildman–Crippen MR) is 302 cm³/mol. The van der Waals surface area contributed by atoms with E-state index >= 15 is 0 Å². The Labute approximate surface area is 437 Å². The molecule has 0 aliphatic rings. The Bertz CT molecular complexity index is 1540. The van der Waals surface area contributed by atoms with Crippen molar-refractivity contribution in [3.63, 3.8) is 0 Å². The molecule has 0 rings (SSSR count). The van der Waals surface area contributed by atoms with Gasteiger partial charge < -0.3 is 28.5 Å². The first kappa shape index (κ1) is 67.9. The van der Waals surface area contributed by atoms with Crippen molar-refractivity contribution in [1.29, 1.82) is 0 Å². The molecule has 0 radical (unpaired) electrons. The highest BCUT2D eigenvalue weighted by Gasteiger charge is 2.27. The van der Waals surface area contributed by atoms with E-state index in [-0.39, 0.29) is 18.9 Å². The smallest absolute Gasteiger partial charge is 0.306 e. The SMILES string of the molecule is CC/C=C\C/C=C\C/C=C\C/C=C\C/C=C\C/C=C\CCC(=O)OC(/C=C/CCCCCCCCCCC)C(COP(=O)([O-])OCC[N+](C)(C)C)NC(=O)CCCCCCCCC/C=C\CCCCCC. The number of rotatable bonds is 50. The first-order chi connectivity index (χ1) is 34.4. The summed E-state index contributed by atoms with van der Waals surface area (Å²) in [5.41, 5.74) is 0. The van der Waals surface area contributed by atoms with Crippen molar-refractivity contribution < 1.29 is 37.3 Å². The van der Waals surface area contributed by atoms with E-state index in [4.69, 9.17) is 13.8 Å². The van der Waals surface area contributed by atoms with Gasteiger partial charge in [-0.05, 0) is 96.0 Å². The molecule has 3 unspecified atom stereocenters. The Kier molecular flexibility index (Phi) is 48.3. The summed E-state index contributed by atoms with van der Waals surface area (Å²) < 4.78 is 30.1. The molecule has 9 nitrogen and oxygen atoms in total. The van der Waals surface area contributed by atoms with Crippen LogP contribution in [-0.2, 0) is 27.9 Å². The van der Waals surface area contributed by atoms with Crippen molar-refractivity contribution in [1.82, 2.24) is 5.32 Å². The average Bonchev–Trinajstić information content (AvgIpc) is 3.33. The number of quaternary nitrogens is 1. The van der Waals surface area contributed by atoms with Gasteiger partial charge in [0.25, 0.3) is 7.82 Å². The zero-order valence-corrected chi connectivity index (χ0v) is 47.3. The van der Waals surface area contributed by atoms with Crippen LogP contribution in [0.15, 0.2) is 97.2 Å². The van der Waals surface area contributed by atoms with Gasteiger partial charge in [-0.1, -0.05) is 215 Å². The zero-order valence-electron chi connectivity index (χ0n) is 46.4. The molecule has 0 saturated carbocycles. The Morgan fingerprint density at radius 3 is 1.39 bits per heavy atom. The summed E-state index contributed by atoms with van der Waals surface area (Å²) >= 11 is 0. The van der Waals surface area contributed by atoms with Crippen molar-refractivity contribution >= 4 is 19.7 Å². The van der Waals surface area contributed by atoms with Gasteiger partial charge in [-0.2, -0.15) is 0 Å². The van der Waals surface area contributed by atoms with Crippen LogP contribution in [0.2, 0.25) is 0 Å². The maximum Gasteiger partial charge on any atom is 0.306 e. The van der Waals surface area contributed by atoms with Gasteiger partial charge in [-0.25, -0.2) is 0 Å². The largest absolute Gasteiger partial charge is 0.756 e. The summed E-state index contributed by atoms with van der Waals surface area (Å²) in [7, 11) is 1.13. The summed E-state index contributed by atoms with van der Waals surface area (Å²) in [6.07, 6.45) is 66.7. The molecule has 10 heteroatoms. The molecule has 408 valence electrons. The van der Waals surface area contributed by atoms with Crippen LogP contribution in [0.3, 0.4) is 0 Å². The van der Waals surface area contributed by atoms with Crippen molar-refractivity contribution in [2.75, 3.05) is 40.9 Å². The lowest BCUT2D eigenvalue weighted by molar-refractivity contribution is -0.870.